The summed E-state index contributed by atoms with van der Waals surface area (Å²) in [5, 5.41) is 13.0. The van der Waals surface area contributed by atoms with Crippen molar-refractivity contribution >= 4 is 13.5 Å². The van der Waals surface area contributed by atoms with Gasteiger partial charge in [-0.25, -0.2) is 14.6 Å². The molecule has 3 rings (SSSR count). The zero-order valence-electron chi connectivity index (χ0n) is 16.0. The second-order valence-corrected chi connectivity index (χ2v) is 8.78. The van der Waals surface area contributed by atoms with E-state index in [4.69, 9.17) is 15.0 Å². The van der Waals surface area contributed by atoms with Crippen LogP contribution in [0.2, 0.25) is 0 Å². The highest BCUT2D eigenvalue weighted by molar-refractivity contribution is 7.57. The van der Waals surface area contributed by atoms with E-state index >= 15 is 0 Å². The van der Waals surface area contributed by atoms with E-state index in [1.54, 1.807) is 0 Å². The van der Waals surface area contributed by atoms with Gasteiger partial charge in [0.25, 0.3) is 11.4 Å². The van der Waals surface area contributed by atoms with E-state index in [0.717, 1.165) is 21.4 Å². The quantitative estimate of drug-likeness (QED) is 0.214. The summed E-state index contributed by atoms with van der Waals surface area (Å²) < 4.78 is 25.3. The molecule has 0 spiro atoms. The third-order valence-corrected chi connectivity index (χ3v) is 6.50. The van der Waals surface area contributed by atoms with Crippen LogP contribution in [0.4, 0.5) is 0 Å². The molecule has 1 aliphatic heterocycles. The van der Waals surface area contributed by atoms with Gasteiger partial charge >= 0.3 is 19.2 Å². The minimum absolute atomic E-state index is 0.0273. The first-order valence-corrected chi connectivity index (χ1v) is 10.5. The van der Waals surface area contributed by atoms with Crippen LogP contribution in [0.15, 0.2) is 39.6 Å². The number of imidazole rings is 1. The van der Waals surface area contributed by atoms with Gasteiger partial charge in [-0.2, -0.15) is 0 Å². The average Bonchev–Trinajstić information content (AvgIpc) is 3.36. The van der Waals surface area contributed by atoms with Crippen molar-refractivity contribution < 1.29 is 28.8 Å². The number of aromatic nitrogens is 4. The number of H-pyrrole nitrogens is 1. The molecule has 1 saturated heterocycles. The zero-order chi connectivity index (χ0) is 22.8. The van der Waals surface area contributed by atoms with Crippen molar-refractivity contribution in [1.82, 2.24) is 18.9 Å². The van der Waals surface area contributed by atoms with E-state index in [2.05, 4.69) is 20.0 Å². The summed E-state index contributed by atoms with van der Waals surface area (Å²) in [5.74, 6) is -3.84. The van der Waals surface area contributed by atoms with Crippen LogP contribution in [0.25, 0.3) is 10.4 Å². The van der Waals surface area contributed by atoms with Gasteiger partial charge in [-0.1, -0.05) is 5.11 Å². The molecule has 2 aromatic heterocycles. The molecule has 3 heterocycles. The first kappa shape index (κ1) is 22.5. The molecule has 0 aromatic carbocycles. The molecule has 3 N–H and O–H groups in total. The van der Waals surface area contributed by atoms with Crippen LogP contribution in [-0.2, 0) is 18.8 Å². The van der Waals surface area contributed by atoms with Crippen molar-refractivity contribution in [3.05, 3.63) is 61.8 Å². The summed E-state index contributed by atoms with van der Waals surface area (Å²) in [6.07, 6.45) is 2.65. The summed E-state index contributed by atoms with van der Waals surface area (Å²) in [6, 6.07) is -0.866. The fourth-order valence-electron chi connectivity index (χ4n) is 3.06. The molecule has 2 aromatic rings. The van der Waals surface area contributed by atoms with E-state index in [0.29, 0.717) is 0 Å². The second kappa shape index (κ2) is 8.88. The van der Waals surface area contributed by atoms with Crippen molar-refractivity contribution in [3.8, 4) is 0 Å². The molecule has 5 atom stereocenters. The summed E-state index contributed by atoms with van der Waals surface area (Å²) in [7, 11) is -4.57. The molecule has 1 aliphatic rings. The lowest BCUT2D eigenvalue weighted by Crippen LogP contribution is -2.34. The first-order valence-electron chi connectivity index (χ1n) is 8.82. The monoisotopic (exact) mass is 455 g/mol. The molecular weight excluding hydrogens is 437 g/mol. The van der Waals surface area contributed by atoms with E-state index in [9.17, 15) is 28.9 Å². The number of carboxylic acids is 1. The van der Waals surface area contributed by atoms with Gasteiger partial charge in [0.05, 0.1) is 18.8 Å². The first-order chi connectivity index (χ1) is 14.6. The van der Waals surface area contributed by atoms with Gasteiger partial charge in [-0.3, -0.25) is 23.2 Å². The van der Waals surface area contributed by atoms with Crippen molar-refractivity contribution in [2.75, 3.05) is 6.61 Å². The van der Waals surface area contributed by atoms with Crippen LogP contribution in [-0.4, -0.2) is 59.4 Å². The fourth-order valence-corrected chi connectivity index (χ4v) is 4.33. The van der Waals surface area contributed by atoms with E-state index in [1.807, 2.05) is 0 Å². The molecule has 16 heteroatoms. The SMILES string of the molecule is Cc1cn([C@H]2C[C@H](N=[N+]=[N-])[C@@H](COC(C(=O)O)P(=O)(O)n3ccnc3)O2)c(=O)[nH]c1=O. The molecule has 0 amide bonds. The molecule has 0 aliphatic carbocycles. The molecule has 15 nitrogen and oxygen atoms in total. The van der Waals surface area contributed by atoms with Crippen molar-refractivity contribution in [3.63, 3.8) is 0 Å². The Labute approximate surface area is 173 Å². The van der Waals surface area contributed by atoms with Crippen LogP contribution in [0, 0.1) is 6.92 Å². The Morgan fingerprint density at radius 1 is 1.58 bits per heavy atom. The highest BCUT2D eigenvalue weighted by Gasteiger charge is 2.43. The lowest BCUT2D eigenvalue weighted by molar-refractivity contribution is -0.147. The van der Waals surface area contributed by atoms with E-state index < -0.39 is 55.6 Å². The third-order valence-electron chi connectivity index (χ3n) is 4.62. The Bertz CT molecular complexity index is 1170. The van der Waals surface area contributed by atoms with Gasteiger partial charge in [-0.05, 0) is 12.5 Å². The van der Waals surface area contributed by atoms with Gasteiger partial charge in [-0.15, -0.1) is 0 Å². The van der Waals surface area contributed by atoms with Gasteiger partial charge < -0.3 is 19.5 Å². The van der Waals surface area contributed by atoms with E-state index in [-0.39, 0.29) is 12.0 Å². The molecular formula is C15H18N7O8P. The molecule has 2 unspecified atom stereocenters. The minimum atomic E-state index is -4.57. The zero-order valence-corrected chi connectivity index (χ0v) is 16.9. The number of aromatic amines is 1. The van der Waals surface area contributed by atoms with Crippen LogP contribution in [0.3, 0.4) is 0 Å². The normalized spacial score (nSPS) is 23.6. The molecule has 0 radical (unpaired) electrons. The highest BCUT2D eigenvalue weighted by atomic mass is 31.2. The number of ether oxygens (including phenoxy) is 2. The lowest BCUT2D eigenvalue weighted by atomic mass is 10.1. The Kier molecular flexibility index (Phi) is 6.43. The minimum Gasteiger partial charge on any atom is -0.479 e. The van der Waals surface area contributed by atoms with Crippen LogP contribution >= 0.6 is 7.52 Å². The summed E-state index contributed by atoms with van der Waals surface area (Å²) >= 11 is 0. The molecule has 166 valence electrons. The maximum absolute atomic E-state index is 12.6. The highest BCUT2D eigenvalue weighted by Crippen LogP contribution is 2.48. The topological polar surface area (TPSA) is 214 Å². The fraction of sp³-hybridized carbons (Fsp3) is 0.467. The summed E-state index contributed by atoms with van der Waals surface area (Å²) in [6.45, 7) is 0.967. The Morgan fingerprint density at radius 3 is 2.94 bits per heavy atom. The molecule has 1 fully saturated rings. The standard InChI is InChI=1S/C15H18N7O8P/c1-8-5-22(15(26)18-12(8)23)11-4-9(19-20-16)10(30-11)6-29-14(13(24)25)31(27,28)21-3-2-17-7-21/h2-3,5,7,9-11,14H,4,6H2,1H3,(H,24,25)(H,27,28)(H,18,23,26)/t9-,10+,11+,14?/m0/s1. The second-order valence-electron chi connectivity index (χ2n) is 6.67. The number of aliphatic carboxylic acids is 1. The van der Waals surface area contributed by atoms with Gasteiger partial charge in [0.1, 0.15) is 12.6 Å². The van der Waals surface area contributed by atoms with Crippen molar-refractivity contribution in [2.45, 2.75) is 37.6 Å². The predicted molar refractivity (Wildman–Crippen MR) is 102 cm³/mol. The van der Waals surface area contributed by atoms with Crippen LogP contribution < -0.4 is 11.2 Å². The van der Waals surface area contributed by atoms with Crippen LogP contribution in [0.1, 0.15) is 18.2 Å². The Balaban J connectivity index is 1.81. The number of hydrogen-bond donors (Lipinski definition) is 3. The number of carbonyl (C=O) groups is 1. The number of rotatable bonds is 8. The Hall–Kier alpha value is -3.22. The third kappa shape index (κ3) is 4.60. The number of nitrogens with zero attached hydrogens (tertiary/aromatic N) is 6. The molecule has 0 saturated carbocycles. The number of carboxylic acid groups (broad SMARTS) is 1. The number of nitrogens with one attached hydrogen (secondary N) is 1. The Morgan fingerprint density at radius 2 is 2.32 bits per heavy atom. The number of azide groups is 1. The number of aryl methyl sites for hydroxylation is 1. The average molecular weight is 455 g/mol. The predicted octanol–water partition coefficient (Wildman–Crippen LogP) is 0.169. The van der Waals surface area contributed by atoms with E-state index in [1.165, 1.54) is 19.3 Å². The molecule has 0 bridgehead atoms. The smallest absolute Gasteiger partial charge is 0.345 e. The van der Waals surface area contributed by atoms with Gasteiger partial charge in [0.2, 0.25) is 0 Å². The van der Waals surface area contributed by atoms with Crippen LogP contribution in [0.5, 0.6) is 0 Å². The van der Waals surface area contributed by atoms with Crippen molar-refractivity contribution in [1.29, 1.82) is 0 Å². The van der Waals surface area contributed by atoms with Gasteiger partial charge in [0, 0.05) is 35.5 Å². The van der Waals surface area contributed by atoms with Gasteiger partial charge in [0.15, 0.2) is 0 Å². The maximum atomic E-state index is 12.6. The summed E-state index contributed by atoms with van der Waals surface area (Å²) in [4.78, 5) is 53.9. The molecule has 31 heavy (non-hydrogen) atoms. The number of hydrogen-bond acceptors (Lipinski definition) is 8. The maximum Gasteiger partial charge on any atom is 0.345 e. The largest absolute Gasteiger partial charge is 0.479 e. The van der Waals surface area contributed by atoms with Crippen molar-refractivity contribution in [2.24, 2.45) is 5.11 Å². The summed E-state index contributed by atoms with van der Waals surface area (Å²) in [5.41, 5.74) is 7.75. The lowest BCUT2D eigenvalue weighted by Gasteiger charge is -2.23.